The van der Waals surface area contributed by atoms with Crippen molar-refractivity contribution in [1.29, 1.82) is 0 Å². The van der Waals surface area contributed by atoms with E-state index >= 15 is 0 Å². The quantitative estimate of drug-likeness (QED) is 0.413. The number of hydrogen-bond donors (Lipinski definition) is 2. The van der Waals surface area contributed by atoms with E-state index < -0.39 is 0 Å². The lowest BCUT2D eigenvalue weighted by Crippen LogP contribution is -2.21. The predicted molar refractivity (Wildman–Crippen MR) is 122 cm³/mol. The summed E-state index contributed by atoms with van der Waals surface area (Å²) in [6.07, 6.45) is 4.17. The maximum Gasteiger partial charge on any atom is 0.200 e. The Kier molecular flexibility index (Phi) is 3.67. The second kappa shape index (κ2) is 6.40. The van der Waals surface area contributed by atoms with E-state index in [1.807, 2.05) is 30.3 Å². The molecule has 4 nitrogen and oxygen atoms in total. The lowest BCUT2D eigenvalue weighted by Gasteiger charge is -2.18. The van der Waals surface area contributed by atoms with E-state index in [1.165, 1.54) is 16.9 Å². The summed E-state index contributed by atoms with van der Waals surface area (Å²) in [6.45, 7) is 0. The number of para-hydroxylation sites is 1. The highest BCUT2D eigenvalue weighted by Gasteiger charge is 2.33. The molecule has 1 aromatic heterocycles. The average molecular weight is 408 g/mol. The molecular formula is C25H16N2O2S. The number of nitrogens with one attached hydrogen (secondary N) is 1. The first kappa shape index (κ1) is 17.2. The minimum Gasteiger partial charge on any atom is -0.506 e. The third-order valence-electron chi connectivity index (χ3n) is 5.58. The molecule has 2 N–H and O–H groups in total. The summed E-state index contributed by atoms with van der Waals surface area (Å²) in [4.78, 5) is 17.4. The molecule has 1 aliphatic heterocycles. The van der Waals surface area contributed by atoms with Crippen molar-refractivity contribution in [2.24, 2.45) is 0 Å². The van der Waals surface area contributed by atoms with Crippen LogP contribution in [0.2, 0.25) is 0 Å². The van der Waals surface area contributed by atoms with Crippen LogP contribution in [0.15, 0.2) is 89.3 Å². The summed E-state index contributed by atoms with van der Waals surface area (Å²) in [7, 11) is 0. The molecule has 0 saturated heterocycles. The van der Waals surface area contributed by atoms with Gasteiger partial charge in [-0.1, -0.05) is 48.5 Å². The number of aromatic nitrogens is 1. The highest BCUT2D eigenvalue weighted by molar-refractivity contribution is 7.19. The number of Topliss-reactive ketones (excluding diaryl/α,β-unsaturated/α-hetero) is 1. The molecule has 144 valence electrons. The Hall–Kier alpha value is -3.70. The first-order valence-electron chi connectivity index (χ1n) is 9.71. The number of fused-ring (bicyclic) bond motifs is 4. The number of allylic oxidation sites excluding steroid dienone is 4. The van der Waals surface area contributed by atoms with Gasteiger partial charge in [-0.05, 0) is 35.2 Å². The number of carbonyl (C=O) groups excluding carboxylic acids is 1. The largest absolute Gasteiger partial charge is 0.506 e. The number of hydrogen-bond acceptors (Lipinski definition) is 5. The first-order valence-corrected chi connectivity index (χ1v) is 10.5. The molecule has 1 aliphatic carbocycles. The molecule has 0 amide bonds. The number of carbonyl (C=O) groups is 1. The van der Waals surface area contributed by atoms with Crippen LogP contribution in [0.4, 0.5) is 5.69 Å². The number of ketones is 1. The average Bonchev–Trinajstić information content (AvgIpc) is 3.39. The summed E-state index contributed by atoms with van der Waals surface area (Å²) in [6, 6.07) is 20.3. The number of benzene rings is 3. The van der Waals surface area contributed by atoms with E-state index in [1.54, 1.807) is 12.2 Å². The number of aliphatic hydroxyl groups excluding tert-OH is 1. The Morgan fingerprint density at radius 1 is 1.00 bits per heavy atom. The smallest absolute Gasteiger partial charge is 0.200 e. The summed E-state index contributed by atoms with van der Waals surface area (Å²) in [5.74, 6) is -0.115. The number of rotatable bonds is 2. The molecule has 0 atom stereocenters. The topological polar surface area (TPSA) is 62.2 Å². The maximum absolute atomic E-state index is 12.7. The standard InChI is InChI=1S/C25H16N2O2S/c28-24-18(12-16-11-15-6-2-4-8-20(15)26-16)25(29)19(24)13-22-27-23-17-7-3-1-5-14(17)9-10-21(23)30-22/h1-10,12-13,26,28H,11H2. The van der Waals surface area contributed by atoms with E-state index in [2.05, 4.69) is 35.6 Å². The molecular weight excluding hydrogens is 392 g/mol. The van der Waals surface area contributed by atoms with Crippen molar-refractivity contribution in [3.63, 3.8) is 0 Å². The van der Waals surface area contributed by atoms with Crippen molar-refractivity contribution in [2.45, 2.75) is 6.42 Å². The van der Waals surface area contributed by atoms with Gasteiger partial charge in [0.15, 0.2) is 0 Å². The molecule has 0 unspecified atom stereocenters. The van der Waals surface area contributed by atoms with Crippen LogP contribution in [0, 0.1) is 0 Å². The van der Waals surface area contributed by atoms with E-state index in [9.17, 15) is 9.90 Å². The SMILES string of the molecule is O=C1C(=Cc2nc3c(ccc4ccccc43)s2)C(O)=C1C=C1Cc2ccccc2N1. The van der Waals surface area contributed by atoms with Crippen molar-refractivity contribution in [3.05, 3.63) is 99.9 Å². The molecule has 30 heavy (non-hydrogen) atoms. The molecule has 4 aromatic rings. The van der Waals surface area contributed by atoms with E-state index in [0.29, 0.717) is 16.2 Å². The third-order valence-corrected chi connectivity index (χ3v) is 6.55. The fourth-order valence-electron chi connectivity index (χ4n) is 4.05. The van der Waals surface area contributed by atoms with Gasteiger partial charge in [-0.15, -0.1) is 11.3 Å². The summed E-state index contributed by atoms with van der Waals surface area (Å²) in [5, 5.41) is 16.8. The van der Waals surface area contributed by atoms with Gasteiger partial charge in [0, 0.05) is 23.2 Å². The van der Waals surface area contributed by atoms with Crippen molar-refractivity contribution in [3.8, 4) is 0 Å². The minimum absolute atomic E-state index is 0.0365. The molecule has 2 aliphatic rings. The Morgan fingerprint density at radius 2 is 1.83 bits per heavy atom. The van der Waals surface area contributed by atoms with Crippen molar-refractivity contribution in [1.82, 2.24) is 4.98 Å². The molecule has 0 fully saturated rings. The van der Waals surface area contributed by atoms with Gasteiger partial charge in [-0.3, -0.25) is 4.79 Å². The Bertz CT molecular complexity index is 1450. The molecule has 0 bridgehead atoms. The van der Waals surface area contributed by atoms with Crippen LogP contribution < -0.4 is 5.32 Å². The summed E-state index contributed by atoms with van der Waals surface area (Å²) in [5.41, 5.74) is 4.75. The van der Waals surface area contributed by atoms with Crippen LogP contribution in [0.25, 0.3) is 27.1 Å². The summed E-state index contributed by atoms with van der Waals surface area (Å²) >= 11 is 1.52. The number of nitrogens with zero attached hydrogens (tertiary/aromatic N) is 1. The number of aliphatic hydroxyl groups is 1. The van der Waals surface area contributed by atoms with E-state index in [0.717, 1.165) is 38.8 Å². The Balaban J connectivity index is 1.34. The van der Waals surface area contributed by atoms with Gasteiger partial charge in [-0.2, -0.15) is 0 Å². The zero-order chi connectivity index (χ0) is 20.2. The van der Waals surface area contributed by atoms with E-state index in [-0.39, 0.29) is 11.5 Å². The van der Waals surface area contributed by atoms with Gasteiger partial charge in [0.1, 0.15) is 10.8 Å². The maximum atomic E-state index is 12.7. The van der Waals surface area contributed by atoms with Crippen LogP contribution >= 0.6 is 11.3 Å². The lowest BCUT2D eigenvalue weighted by molar-refractivity contribution is -0.113. The lowest BCUT2D eigenvalue weighted by atomic mass is 9.87. The molecule has 5 heteroatoms. The molecule has 6 rings (SSSR count). The van der Waals surface area contributed by atoms with Crippen LogP contribution in [0.1, 0.15) is 10.6 Å². The second-order valence-corrected chi connectivity index (χ2v) is 8.53. The molecule has 0 radical (unpaired) electrons. The zero-order valence-corrected chi connectivity index (χ0v) is 16.7. The van der Waals surface area contributed by atoms with Gasteiger partial charge < -0.3 is 10.4 Å². The molecule has 2 heterocycles. The fraction of sp³-hybridized carbons (Fsp3) is 0.0400. The Morgan fingerprint density at radius 3 is 2.70 bits per heavy atom. The van der Waals surface area contributed by atoms with Gasteiger partial charge >= 0.3 is 0 Å². The number of anilines is 1. The summed E-state index contributed by atoms with van der Waals surface area (Å²) < 4.78 is 1.06. The predicted octanol–water partition coefficient (Wildman–Crippen LogP) is 5.78. The van der Waals surface area contributed by atoms with Gasteiger partial charge in [0.25, 0.3) is 0 Å². The van der Waals surface area contributed by atoms with E-state index in [4.69, 9.17) is 4.98 Å². The molecule has 0 saturated carbocycles. The fourth-order valence-corrected chi connectivity index (χ4v) is 4.98. The van der Waals surface area contributed by atoms with Crippen molar-refractivity contribution < 1.29 is 9.90 Å². The molecule has 0 spiro atoms. The monoisotopic (exact) mass is 408 g/mol. The zero-order valence-electron chi connectivity index (χ0n) is 15.8. The molecule has 3 aromatic carbocycles. The van der Waals surface area contributed by atoms with Gasteiger partial charge in [0.2, 0.25) is 5.78 Å². The van der Waals surface area contributed by atoms with Crippen LogP contribution in [0.5, 0.6) is 0 Å². The highest BCUT2D eigenvalue weighted by Crippen LogP contribution is 2.36. The van der Waals surface area contributed by atoms with Gasteiger partial charge in [0.05, 0.1) is 21.4 Å². The Labute approximate surface area is 176 Å². The van der Waals surface area contributed by atoms with Crippen molar-refractivity contribution >= 4 is 49.9 Å². The van der Waals surface area contributed by atoms with Crippen LogP contribution in [-0.4, -0.2) is 15.9 Å². The third kappa shape index (κ3) is 2.60. The second-order valence-electron chi connectivity index (χ2n) is 7.46. The number of thiazole rings is 1. The minimum atomic E-state index is -0.151. The normalized spacial score (nSPS) is 18.3. The first-order chi connectivity index (χ1) is 14.7. The van der Waals surface area contributed by atoms with Gasteiger partial charge in [-0.25, -0.2) is 4.98 Å². The highest BCUT2D eigenvalue weighted by atomic mass is 32.1. The van der Waals surface area contributed by atoms with Crippen LogP contribution in [-0.2, 0) is 11.2 Å². The van der Waals surface area contributed by atoms with Crippen molar-refractivity contribution in [2.75, 3.05) is 5.32 Å². The van der Waals surface area contributed by atoms with Crippen LogP contribution in [0.3, 0.4) is 0 Å².